The van der Waals surface area contributed by atoms with Gasteiger partial charge in [-0.3, -0.25) is 19.7 Å². The second-order valence-corrected chi connectivity index (χ2v) is 6.03. The fraction of sp³-hybridized carbons (Fsp3) is 0.800. The third-order valence-electron chi connectivity index (χ3n) is 4.42. The van der Waals surface area contributed by atoms with Gasteiger partial charge >= 0.3 is 0 Å². The predicted octanol–water partition coefficient (Wildman–Crippen LogP) is 1.47. The van der Waals surface area contributed by atoms with Crippen molar-refractivity contribution in [3.05, 3.63) is 0 Å². The topological polar surface area (TPSA) is 66.5 Å². The van der Waals surface area contributed by atoms with Gasteiger partial charge in [-0.1, -0.05) is 26.2 Å². The third kappa shape index (κ3) is 3.81. The van der Waals surface area contributed by atoms with Crippen LogP contribution in [0.5, 0.6) is 0 Å². The zero-order chi connectivity index (χ0) is 14.5. The Labute approximate surface area is 120 Å². The Hall–Kier alpha value is -1.39. The summed E-state index contributed by atoms with van der Waals surface area (Å²) >= 11 is 0. The third-order valence-corrected chi connectivity index (χ3v) is 4.42. The minimum Gasteiger partial charge on any atom is -0.324 e. The lowest BCUT2D eigenvalue weighted by Crippen LogP contribution is -2.54. The van der Waals surface area contributed by atoms with Crippen molar-refractivity contribution in [3.63, 3.8) is 0 Å². The summed E-state index contributed by atoms with van der Waals surface area (Å²) in [6, 6.07) is 0. The van der Waals surface area contributed by atoms with Crippen LogP contribution in [0.15, 0.2) is 0 Å². The van der Waals surface area contributed by atoms with Crippen molar-refractivity contribution in [3.8, 4) is 0 Å². The largest absolute Gasteiger partial charge is 0.324 e. The highest BCUT2D eigenvalue weighted by Crippen LogP contribution is 2.32. The van der Waals surface area contributed by atoms with E-state index in [0.717, 1.165) is 31.6 Å². The lowest BCUT2D eigenvalue weighted by Gasteiger charge is -2.33. The fourth-order valence-corrected chi connectivity index (χ4v) is 3.24. The molecule has 0 aromatic heterocycles. The number of carbonyl (C=O) groups excluding carboxylic acids is 3. The number of nitrogens with zero attached hydrogens (tertiary/aromatic N) is 1. The highest BCUT2D eigenvalue weighted by atomic mass is 16.2. The van der Waals surface area contributed by atoms with Crippen LogP contribution in [0.4, 0.5) is 0 Å². The molecule has 1 saturated carbocycles. The van der Waals surface area contributed by atoms with Crippen LogP contribution in [-0.4, -0.2) is 35.7 Å². The van der Waals surface area contributed by atoms with E-state index in [1.54, 1.807) is 0 Å². The molecule has 1 heterocycles. The normalized spacial score (nSPS) is 27.4. The number of hydrogen-bond donors (Lipinski definition) is 1. The molecule has 112 valence electrons. The Balaban J connectivity index is 1.82. The van der Waals surface area contributed by atoms with Gasteiger partial charge in [0.15, 0.2) is 0 Å². The second kappa shape index (κ2) is 6.86. The van der Waals surface area contributed by atoms with Crippen molar-refractivity contribution in [2.75, 3.05) is 13.1 Å². The molecule has 0 unspecified atom stereocenters. The van der Waals surface area contributed by atoms with Gasteiger partial charge in [-0.2, -0.15) is 0 Å². The maximum Gasteiger partial charge on any atom is 0.246 e. The first-order chi connectivity index (χ1) is 9.60. The van der Waals surface area contributed by atoms with Gasteiger partial charge in [0.2, 0.25) is 17.7 Å². The van der Waals surface area contributed by atoms with E-state index in [-0.39, 0.29) is 36.7 Å². The Morgan fingerprint density at radius 3 is 2.30 bits per heavy atom. The SMILES string of the molecule is CCCCC1CCC(C(=O)N2CC(=O)NC(=O)C2)CC1. The Bertz CT molecular complexity index is 371. The van der Waals surface area contributed by atoms with Gasteiger partial charge in [-0.05, 0) is 31.6 Å². The van der Waals surface area contributed by atoms with Crippen molar-refractivity contribution >= 4 is 17.7 Å². The van der Waals surface area contributed by atoms with Gasteiger partial charge in [0.05, 0.1) is 0 Å². The molecule has 1 N–H and O–H groups in total. The van der Waals surface area contributed by atoms with Crippen molar-refractivity contribution in [1.29, 1.82) is 0 Å². The first-order valence-electron chi connectivity index (χ1n) is 7.71. The average Bonchev–Trinajstić information content (AvgIpc) is 2.44. The van der Waals surface area contributed by atoms with Crippen molar-refractivity contribution in [2.45, 2.75) is 51.9 Å². The minimum absolute atomic E-state index is 0.00609. The summed E-state index contributed by atoms with van der Waals surface area (Å²) in [5, 5.41) is 2.23. The molecule has 0 aromatic carbocycles. The maximum absolute atomic E-state index is 12.4. The fourth-order valence-electron chi connectivity index (χ4n) is 3.24. The molecule has 1 saturated heterocycles. The molecule has 2 aliphatic rings. The maximum atomic E-state index is 12.4. The Morgan fingerprint density at radius 1 is 1.15 bits per heavy atom. The number of imide groups is 1. The molecule has 0 bridgehead atoms. The molecular weight excluding hydrogens is 256 g/mol. The highest BCUT2D eigenvalue weighted by molar-refractivity contribution is 6.02. The Kier molecular flexibility index (Phi) is 5.15. The zero-order valence-corrected chi connectivity index (χ0v) is 12.2. The molecule has 2 rings (SSSR count). The zero-order valence-electron chi connectivity index (χ0n) is 12.2. The van der Waals surface area contributed by atoms with Crippen LogP contribution >= 0.6 is 0 Å². The van der Waals surface area contributed by atoms with E-state index in [9.17, 15) is 14.4 Å². The highest BCUT2D eigenvalue weighted by Gasteiger charge is 2.33. The molecule has 0 spiro atoms. The van der Waals surface area contributed by atoms with E-state index in [2.05, 4.69) is 12.2 Å². The molecule has 3 amide bonds. The van der Waals surface area contributed by atoms with Crippen LogP contribution in [-0.2, 0) is 14.4 Å². The number of carbonyl (C=O) groups is 3. The number of amides is 3. The van der Waals surface area contributed by atoms with Gasteiger partial charge in [-0.25, -0.2) is 0 Å². The second-order valence-electron chi connectivity index (χ2n) is 6.03. The van der Waals surface area contributed by atoms with E-state index < -0.39 is 0 Å². The molecule has 0 radical (unpaired) electrons. The number of hydrogen-bond acceptors (Lipinski definition) is 3. The van der Waals surface area contributed by atoms with Crippen LogP contribution in [0.1, 0.15) is 51.9 Å². The lowest BCUT2D eigenvalue weighted by molar-refractivity contribution is -0.148. The van der Waals surface area contributed by atoms with E-state index in [1.807, 2.05) is 0 Å². The number of piperazine rings is 1. The quantitative estimate of drug-likeness (QED) is 0.793. The first-order valence-corrected chi connectivity index (χ1v) is 7.71. The van der Waals surface area contributed by atoms with Gasteiger partial charge in [0, 0.05) is 5.92 Å². The van der Waals surface area contributed by atoms with Gasteiger partial charge < -0.3 is 4.90 Å². The monoisotopic (exact) mass is 280 g/mol. The standard InChI is InChI=1S/C15H24N2O3/c1-2-3-4-11-5-7-12(8-6-11)15(20)17-9-13(18)16-14(19)10-17/h11-12H,2-10H2,1H3,(H,16,18,19). The van der Waals surface area contributed by atoms with Crippen LogP contribution in [0, 0.1) is 11.8 Å². The molecule has 5 heteroatoms. The van der Waals surface area contributed by atoms with Gasteiger partial charge in [-0.15, -0.1) is 0 Å². The van der Waals surface area contributed by atoms with Crippen LogP contribution < -0.4 is 5.32 Å². The number of nitrogens with one attached hydrogen (secondary N) is 1. The molecule has 0 atom stereocenters. The number of unbranched alkanes of at least 4 members (excludes halogenated alkanes) is 1. The molecule has 2 fully saturated rings. The average molecular weight is 280 g/mol. The van der Waals surface area contributed by atoms with E-state index >= 15 is 0 Å². The molecule has 20 heavy (non-hydrogen) atoms. The molecule has 0 aromatic rings. The number of rotatable bonds is 4. The van der Waals surface area contributed by atoms with Crippen molar-refractivity contribution < 1.29 is 14.4 Å². The predicted molar refractivity (Wildman–Crippen MR) is 74.7 cm³/mol. The van der Waals surface area contributed by atoms with Crippen LogP contribution in [0.25, 0.3) is 0 Å². The molecule has 5 nitrogen and oxygen atoms in total. The summed E-state index contributed by atoms with van der Waals surface area (Å²) in [5.74, 6) is 0.0106. The van der Waals surface area contributed by atoms with Crippen LogP contribution in [0.2, 0.25) is 0 Å². The molecule has 1 aliphatic heterocycles. The molecular formula is C15H24N2O3. The first kappa shape index (κ1) is 15.0. The van der Waals surface area contributed by atoms with Gasteiger partial charge in [0.1, 0.15) is 13.1 Å². The van der Waals surface area contributed by atoms with E-state index in [0.29, 0.717) is 0 Å². The lowest BCUT2D eigenvalue weighted by atomic mass is 9.79. The summed E-state index contributed by atoms with van der Waals surface area (Å²) in [7, 11) is 0. The van der Waals surface area contributed by atoms with Crippen LogP contribution in [0.3, 0.4) is 0 Å². The van der Waals surface area contributed by atoms with Crippen molar-refractivity contribution in [2.24, 2.45) is 11.8 Å². The van der Waals surface area contributed by atoms with E-state index in [1.165, 1.54) is 24.2 Å². The summed E-state index contributed by atoms with van der Waals surface area (Å²) in [4.78, 5) is 36.4. The smallest absolute Gasteiger partial charge is 0.246 e. The molecule has 1 aliphatic carbocycles. The summed E-state index contributed by atoms with van der Waals surface area (Å²) in [6.45, 7) is 2.26. The van der Waals surface area contributed by atoms with Gasteiger partial charge in [0.25, 0.3) is 0 Å². The summed E-state index contributed by atoms with van der Waals surface area (Å²) in [5.41, 5.74) is 0. The Morgan fingerprint density at radius 2 is 1.75 bits per heavy atom. The van der Waals surface area contributed by atoms with Crippen molar-refractivity contribution in [1.82, 2.24) is 10.2 Å². The van der Waals surface area contributed by atoms with E-state index in [4.69, 9.17) is 0 Å². The minimum atomic E-state index is -0.369. The summed E-state index contributed by atoms with van der Waals surface area (Å²) < 4.78 is 0. The summed E-state index contributed by atoms with van der Waals surface area (Å²) in [6.07, 6.45) is 7.77.